The molecule has 11 heteroatoms. The van der Waals surface area contributed by atoms with Gasteiger partial charge in [-0.25, -0.2) is 8.42 Å². The second-order valence-electron chi connectivity index (χ2n) is 8.42. The first-order valence-electron chi connectivity index (χ1n) is 11.2. The quantitative estimate of drug-likeness (QED) is 0.454. The fourth-order valence-electron chi connectivity index (χ4n) is 4.03. The lowest BCUT2D eigenvalue weighted by molar-refractivity contribution is -0.146. The Bertz CT molecular complexity index is 1280. The fraction of sp³-hybridized carbons (Fsp3) is 0.333. The van der Waals surface area contributed by atoms with Gasteiger partial charge >= 0.3 is 5.97 Å². The zero-order valence-electron chi connectivity index (χ0n) is 19.2. The number of benzene rings is 2. The lowest BCUT2D eigenvalue weighted by Crippen LogP contribution is -2.35. The van der Waals surface area contributed by atoms with Crippen LogP contribution in [0.3, 0.4) is 0 Å². The van der Waals surface area contributed by atoms with Crippen LogP contribution < -0.4 is 5.32 Å². The van der Waals surface area contributed by atoms with E-state index in [4.69, 9.17) is 4.74 Å². The molecule has 2 aromatic carbocycles. The molecular formula is C24H25N3O7S. The number of nitrogens with zero attached hydrogens (tertiary/aromatic N) is 2. The molecule has 1 saturated heterocycles. The van der Waals surface area contributed by atoms with Gasteiger partial charge in [0, 0.05) is 25.8 Å². The van der Waals surface area contributed by atoms with Crippen LogP contribution in [0.25, 0.3) is 0 Å². The second kappa shape index (κ2) is 9.96. The Kier molecular flexibility index (Phi) is 6.99. The van der Waals surface area contributed by atoms with Crippen LogP contribution in [0.15, 0.2) is 47.4 Å². The van der Waals surface area contributed by atoms with Crippen LogP contribution in [0.2, 0.25) is 0 Å². The van der Waals surface area contributed by atoms with Gasteiger partial charge in [-0.1, -0.05) is 18.6 Å². The number of piperidine rings is 1. The van der Waals surface area contributed by atoms with E-state index in [0.29, 0.717) is 24.3 Å². The van der Waals surface area contributed by atoms with Gasteiger partial charge < -0.3 is 10.1 Å². The highest BCUT2D eigenvalue weighted by molar-refractivity contribution is 7.89. The van der Waals surface area contributed by atoms with E-state index in [0.717, 1.165) is 24.2 Å². The minimum atomic E-state index is -3.55. The second-order valence-corrected chi connectivity index (χ2v) is 10.4. The van der Waals surface area contributed by atoms with Crippen molar-refractivity contribution in [1.82, 2.24) is 9.21 Å². The highest BCUT2D eigenvalue weighted by atomic mass is 32.2. The molecule has 0 saturated carbocycles. The molecule has 3 amide bonds. The van der Waals surface area contributed by atoms with Crippen molar-refractivity contribution < 1.29 is 32.3 Å². The van der Waals surface area contributed by atoms with Crippen LogP contribution in [0.1, 0.15) is 45.5 Å². The predicted molar refractivity (Wildman–Crippen MR) is 125 cm³/mol. The molecule has 0 aromatic heterocycles. The molecule has 0 bridgehead atoms. The van der Waals surface area contributed by atoms with E-state index in [-0.39, 0.29) is 22.4 Å². The number of fused-ring (bicyclic) bond motifs is 1. The summed E-state index contributed by atoms with van der Waals surface area (Å²) in [5.41, 5.74) is 1.31. The Morgan fingerprint density at radius 2 is 1.60 bits per heavy atom. The highest BCUT2D eigenvalue weighted by Crippen LogP contribution is 2.25. The fourth-order valence-corrected chi connectivity index (χ4v) is 5.55. The topological polar surface area (TPSA) is 130 Å². The summed E-state index contributed by atoms with van der Waals surface area (Å²) in [5.74, 6) is -2.12. The molecule has 2 aromatic rings. The highest BCUT2D eigenvalue weighted by Gasteiger charge is 2.32. The van der Waals surface area contributed by atoms with Gasteiger partial charge in [0.05, 0.1) is 22.4 Å². The van der Waals surface area contributed by atoms with Crippen molar-refractivity contribution in [3.63, 3.8) is 0 Å². The lowest BCUT2D eigenvalue weighted by atomic mass is 10.1. The summed E-state index contributed by atoms with van der Waals surface area (Å²) >= 11 is 0. The van der Waals surface area contributed by atoms with Crippen LogP contribution >= 0.6 is 0 Å². The van der Waals surface area contributed by atoms with E-state index in [9.17, 15) is 27.6 Å². The van der Waals surface area contributed by atoms with Crippen LogP contribution in [0.5, 0.6) is 0 Å². The normalized spacial score (nSPS) is 16.2. The molecular weight excluding hydrogens is 474 g/mol. The summed E-state index contributed by atoms with van der Waals surface area (Å²) in [4.78, 5) is 49.5. The molecule has 4 rings (SSSR count). The molecule has 35 heavy (non-hydrogen) atoms. The lowest BCUT2D eigenvalue weighted by Gasteiger charge is -2.25. The summed E-state index contributed by atoms with van der Waals surface area (Å²) in [6, 6.07) is 10.4. The van der Waals surface area contributed by atoms with Crippen molar-refractivity contribution in [2.24, 2.45) is 0 Å². The first kappa shape index (κ1) is 24.6. The van der Waals surface area contributed by atoms with E-state index in [1.54, 1.807) is 12.1 Å². The van der Waals surface area contributed by atoms with Gasteiger partial charge in [0.1, 0.15) is 0 Å². The van der Waals surface area contributed by atoms with E-state index in [1.807, 2.05) is 0 Å². The van der Waals surface area contributed by atoms with Crippen LogP contribution in [-0.4, -0.2) is 68.1 Å². The predicted octanol–water partition coefficient (Wildman–Crippen LogP) is 1.81. The Morgan fingerprint density at radius 1 is 0.943 bits per heavy atom. The maximum Gasteiger partial charge on any atom is 0.310 e. The number of anilines is 1. The maximum absolute atomic E-state index is 12.7. The summed E-state index contributed by atoms with van der Waals surface area (Å²) in [6.45, 7) is 0.481. The smallest absolute Gasteiger partial charge is 0.310 e. The number of carbonyl (C=O) groups is 4. The number of hydrogen-bond acceptors (Lipinski definition) is 7. The first-order chi connectivity index (χ1) is 16.7. The zero-order valence-corrected chi connectivity index (χ0v) is 20.0. The summed E-state index contributed by atoms with van der Waals surface area (Å²) in [6.07, 6.45) is 2.59. The Labute approximate surface area is 202 Å². The van der Waals surface area contributed by atoms with Crippen molar-refractivity contribution in [3.05, 3.63) is 59.2 Å². The van der Waals surface area contributed by atoms with E-state index < -0.39 is 40.3 Å². The number of ether oxygens (including phenoxy) is 1. The van der Waals surface area contributed by atoms with Crippen molar-refractivity contribution >= 4 is 39.4 Å². The molecule has 0 atom stereocenters. The molecule has 0 spiro atoms. The minimum Gasteiger partial charge on any atom is -0.455 e. The number of carbonyl (C=O) groups excluding carboxylic acids is 4. The monoisotopic (exact) mass is 499 g/mol. The van der Waals surface area contributed by atoms with Crippen molar-refractivity contribution in [2.75, 3.05) is 32.1 Å². The van der Waals surface area contributed by atoms with Crippen LogP contribution in [0, 0.1) is 0 Å². The van der Waals surface area contributed by atoms with Gasteiger partial charge in [-0.15, -0.1) is 0 Å². The standard InChI is InChI=1S/C24H25N3O7S/c1-26-23(30)19-10-7-17(14-20(19)24(26)31)25-21(28)15-34-22(29)13-16-5-8-18(9-6-16)35(32,33)27-11-3-2-4-12-27/h5-10,14H,2-4,11-13,15H2,1H3,(H,25,28). The Morgan fingerprint density at radius 3 is 2.29 bits per heavy atom. The van der Waals surface area contributed by atoms with Crippen LogP contribution in [0.4, 0.5) is 5.69 Å². The SMILES string of the molecule is CN1C(=O)c2ccc(NC(=O)COC(=O)Cc3ccc(S(=O)(=O)N4CCCCC4)cc3)cc2C1=O. The zero-order chi connectivity index (χ0) is 25.2. The first-order valence-corrected chi connectivity index (χ1v) is 12.6. The maximum atomic E-state index is 12.7. The number of sulfonamides is 1. The van der Waals surface area contributed by atoms with E-state index >= 15 is 0 Å². The number of esters is 1. The molecule has 2 aliphatic heterocycles. The van der Waals surface area contributed by atoms with Crippen molar-refractivity contribution in [3.8, 4) is 0 Å². The molecule has 2 aliphatic rings. The summed E-state index contributed by atoms with van der Waals surface area (Å²) in [5, 5.41) is 2.53. The average Bonchev–Trinajstić information content (AvgIpc) is 3.07. The third-order valence-electron chi connectivity index (χ3n) is 5.96. The molecule has 0 aliphatic carbocycles. The van der Waals surface area contributed by atoms with Crippen LogP contribution in [-0.2, 0) is 30.8 Å². The number of nitrogens with one attached hydrogen (secondary N) is 1. The third-order valence-corrected chi connectivity index (χ3v) is 7.88. The summed E-state index contributed by atoms with van der Waals surface area (Å²) in [7, 11) is -2.17. The number of rotatable bonds is 7. The molecule has 0 unspecified atom stereocenters. The molecule has 10 nitrogen and oxygen atoms in total. The number of amides is 3. The van der Waals surface area contributed by atoms with Crippen molar-refractivity contribution in [2.45, 2.75) is 30.6 Å². The van der Waals surface area contributed by atoms with Gasteiger partial charge in [-0.05, 0) is 48.7 Å². The molecule has 184 valence electrons. The Balaban J connectivity index is 1.28. The van der Waals surface area contributed by atoms with Gasteiger partial charge in [-0.2, -0.15) is 4.31 Å². The Hall–Kier alpha value is -3.57. The van der Waals surface area contributed by atoms with Gasteiger partial charge in [0.15, 0.2) is 6.61 Å². The molecule has 2 heterocycles. The van der Waals surface area contributed by atoms with E-state index in [1.165, 1.54) is 41.7 Å². The van der Waals surface area contributed by atoms with E-state index in [2.05, 4.69) is 5.32 Å². The van der Waals surface area contributed by atoms with Gasteiger partial charge in [-0.3, -0.25) is 24.1 Å². The van der Waals surface area contributed by atoms with Crippen molar-refractivity contribution in [1.29, 1.82) is 0 Å². The molecule has 1 fully saturated rings. The molecule has 1 N–H and O–H groups in total. The number of hydrogen-bond donors (Lipinski definition) is 1. The molecule has 0 radical (unpaired) electrons. The number of imide groups is 1. The largest absolute Gasteiger partial charge is 0.455 e. The minimum absolute atomic E-state index is 0.126. The third kappa shape index (κ3) is 5.25. The summed E-state index contributed by atoms with van der Waals surface area (Å²) < 4.78 is 31.9. The van der Waals surface area contributed by atoms with Gasteiger partial charge in [0.2, 0.25) is 10.0 Å². The average molecular weight is 500 g/mol. The van der Waals surface area contributed by atoms with Gasteiger partial charge in [0.25, 0.3) is 17.7 Å².